The van der Waals surface area contributed by atoms with Crippen molar-refractivity contribution in [1.29, 1.82) is 0 Å². The number of nitro groups is 1. The van der Waals surface area contributed by atoms with E-state index < -0.39 is 10.8 Å². The van der Waals surface area contributed by atoms with Crippen molar-refractivity contribution in [1.82, 2.24) is 5.32 Å². The molecule has 1 aromatic rings. The van der Waals surface area contributed by atoms with Crippen LogP contribution < -0.4 is 5.32 Å². The van der Waals surface area contributed by atoms with Crippen LogP contribution in [0.3, 0.4) is 0 Å². The van der Waals surface area contributed by atoms with Gasteiger partial charge in [-0.25, -0.2) is 0 Å². The number of hydrogen-bond acceptors (Lipinski definition) is 3. The molecule has 0 bridgehead atoms. The largest absolute Gasteiger partial charge is 0.352 e. The summed E-state index contributed by atoms with van der Waals surface area (Å²) in [7, 11) is 0. The molecule has 2 unspecified atom stereocenters. The lowest BCUT2D eigenvalue weighted by Gasteiger charge is -2.16. The number of hydrogen-bond donors (Lipinski definition) is 1. The monoisotopic (exact) mass is 260 g/mol. The van der Waals surface area contributed by atoms with Crippen molar-refractivity contribution >= 4 is 11.6 Å². The molecule has 0 aliphatic carbocycles. The molecular weight excluding hydrogens is 244 g/mol. The van der Waals surface area contributed by atoms with E-state index in [9.17, 15) is 14.9 Å². The van der Waals surface area contributed by atoms with E-state index in [1.807, 2.05) is 6.92 Å². The normalized spacial score (nSPS) is 13.1. The van der Waals surface area contributed by atoms with Crippen molar-refractivity contribution in [3.05, 3.63) is 39.9 Å². The van der Waals surface area contributed by atoms with Crippen molar-refractivity contribution in [2.75, 3.05) is 0 Å². The molecule has 19 heavy (non-hydrogen) atoms. The zero-order valence-corrected chi connectivity index (χ0v) is 10.9. The van der Waals surface area contributed by atoms with Crippen LogP contribution in [0.1, 0.15) is 31.7 Å². The second kappa shape index (κ2) is 6.55. The highest BCUT2D eigenvalue weighted by molar-refractivity contribution is 5.83. The summed E-state index contributed by atoms with van der Waals surface area (Å²) in [4.78, 5) is 22.2. The first-order valence-electron chi connectivity index (χ1n) is 5.94. The molecule has 1 amide bonds. The van der Waals surface area contributed by atoms with Gasteiger partial charge in [0, 0.05) is 24.6 Å². The Balaban J connectivity index is 2.80. The van der Waals surface area contributed by atoms with Crippen molar-refractivity contribution in [2.45, 2.75) is 32.2 Å². The van der Waals surface area contributed by atoms with Crippen molar-refractivity contribution in [3.8, 4) is 12.3 Å². The average molecular weight is 260 g/mol. The minimum atomic E-state index is -0.477. The number of carbonyl (C=O) groups is 1. The van der Waals surface area contributed by atoms with Crippen molar-refractivity contribution in [3.63, 3.8) is 0 Å². The predicted molar refractivity (Wildman–Crippen MR) is 72.6 cm³/mol. The van der Waals surface area contributed by atoms with Crippen LogP contribution in [-0.4, -0.2) is 16.9 Å². The molecule has 0 aromatic heterocycles. The number of rotatable bonds is 5. The molecule has 0 spiro atoms. The van der Waals surface area contributed by atoms with E-state index in [0.717, 1.165) is 0 Å². The quantitative estimate of drug-likeness (QED) is 0.501. The van der Waals surface area contributed by atoms with Crippen LogP contribution in [0.2, 0.25) is 0 Å². The molecule has 5 heteroatoms. The topological polar surface area (TPSA) is 72.2 Å². The van der Waals surface area contributed by atoms with Gasteiger partial charge < -0.3 is 5.32 Å². The Morgan fingerprint density at radius 3 is 2.79 bits per heavy atom. The average Bonchev–Trinajstić information content (AvgIpc) is 2.38. The van der Waals surface area contributed by atoms with E-state index >= 15 is 0 Å². The third-order valence-electron chi connectivity index (χ3n) is 2.79. The van der Waals surface area contributed by atoms with Crippen LogP contribution in [0.5, 0.6) is 0 Å². The second-order valence-corrected chi connectivity index (χ2v) is 4.39. The number of carbonyl (C=O) groups excluding carboxylic acids is 1. The molecule has 1 aromatic carbocycles. The van der Waals surface area contributed by atoms with Gasteiger partial charge in [0.25, 0.3) is 5.69 Å². The molecule has 0 aliphatic heterocycles. The van der Waals surface area contributed by atoms with Gasteiger partial charge in [-0.3, -0.25) is 14.9 Å². The van der Waals surface area contributed by atoms with E-state index in [-0.39, 0.29) is 17.6 Å². The fraction of sp³-hybridized carbons (Fsp3) is 0.357. The third-order valence-corrected chi connectivity index (χ3v) is 2.79. The highest BCUT2D eigenvalue weighted by Crippen LogP contribution is 2.20. The summed E-state index contributed by atoms with van der Waals surface area (Å²) in [5.74, 6) is 1.82. The summed E-state index contributed by atoms with van der Waals surface area (Å²) < 4.78 is 0. The van der Waals surface area contributed by atoms with Gasteiger partial charge in [-0.05, 0) is 19.4 Å². The summed E-state index contributed by atoms with van der Waals surface area (Å²) in [5, 5.41) is 13.5. The number of nitro benzene ring substituents is 1. The molecule has 5 nitrogen and oxygen atoms in total. The maximum Gasteiger partial charge on any atom is 0.269 e. The number of terminal acetylenes is 1. The van der Waals surface area contributed by atoms with Crippen LogP contribution in [0.15, 0.2) is 24.3 Å². The number of nitrogens with one attached hydrogen (secondary N) is 1. The fourth-order valence-electron chi connectivity index (χ4n) is 1.65. The van der Waals surface area contributed by atoms with E-state index in [0.29, 0.717) is 12.0 Å². The van der Waals surface area contributed by atoms with Crippen LogP contribution in [0, 0.1) is 22.5 Å². The third kappa shape index (κ3) is 4.11. The molecular formula is C14H16N2O3. The van der Waals surface area contributed by atoms with Gasteiger partial charge in [-0.15, -0.1) is 12.3 Å². The molecule has 1 rings (SSSR count). The van der Waals surface area contributed by atoms with Crippen molar-refractivity contribution in [2.24, 2.45) is 0 Å². The Labute approximate surface area is 112 Å². The molecule has 100 valence electrons. The lowest BCUT2D eigenvalue weighted by Crippen LogP contribution is -2.35. The molecule has 0 fully saturated rings. The fourth-order valence-corrected chi connectivity index (χ4v) is 1.65. The standard InChI is InChI=1S/C14H16N2O3/c1-4-6-10(2)15-14(17)11(3)12-7-5-8-13(9-12)16(18)19/h1,5,7-11H,6H2,2-3H3,(H,15,17). The number of benzene rings is 1. The first-order valence-corrected chi connectivity index (χ1v) is 5.94. The highest BCUT2D eigenvalue weighted by Gasteiger charge is 2.18. The Kier molecular flexibility index (Phi) is 5.07. The number of non-ortho nitro benzene ring substituents is 1. The summed E-state index contributed by atoms with van der Waals surface area (Å²) in [6.45, 7) is 3.52. The van der Waals surface area contributed by atoms with E-state index in [2.05, 4.69) is 11.2 Å². The molecule has 1 N–H and O–H groups in total. The van der Waals surface area contributed by atoms with E-state index in [4.69, 9.17) is 6.42 Å². The Morgan fingerprint density at radius 2 is 2.21 bits per heavy atom. The summed E-state index contributed by atoms with van der Waals surface area (Å²) in [5.41, 5.74) is 0.591. The van der Waals surface area contributed by atoms with Gasteiger partial charge in [0.15, 0.2) is 0 Å². The molecule has 0 aliphatic rings. The van der Waals surface area contributed by atoms with Crippen LogP contribution in [0.4, 0.5) is 5.69 Å². The molecule has 2 atom stereocenters. The maximum absolute atomic E-state index is 12.0. The first kappa shape index (κ1) is 14.7. The van der Waals surface area contributed by atoms with Crippen molar-refractivity contribution < 1.29 is 9.72 Å². The first-order chi connectivity index (χ1) is 8.95. The molecule has 0 heterocycles. The lowest BCUT2D eigenvalue weighted by atomic mass is 9.99. The second-order valence-electron chi connectivity index (χ2n) is 4.39. The zero-order valence-electron chi connectivity index (χ0n) is 10.9. The van der Waals surface area contributed by atoms with Gasteiger partial charge in [0.1, 0.15) is 0 Å². The molecule has 0 radical (unpaired) electrons. The number of amides is 1. The Hall–Kier alpha value is -2.35. The van der Waals surface area contributed by atoms with Gasteiger partial charge in [0.2, 0.25) is 5.91 Å². The Morgan fingerprint density at radius 1 is 1.53 bits per heavy atom. The molecule has 0 saturated carbocycles. The van der Waals surface area contributed by atoms with Crippen LogP contribution in [0.25, 0.3) is 0 Å². The van der Waals surface area contributed by atoms with E-state index in [1.54, 1.807) is 19.1 Å². The SMILES string of the molecule is C#CCC(C)NC(=O)C(C)c1cccc([N+](=O)[O-])c1. The van der Waals surface area contributed by atoms with Gasteiger partial charge >= 0.3 is 0 Å². The Bertz CT molecular complexity index is 520. The van der Waals surface area contributed by atoms with Gasteiger partial charge in [-0.2, -0.15) is 0 Å². The maximum atomic E-state index is 12.0. The van der Waals surface area contributed by atoms with Gasteiger partial charge in [0.05, 0.1) is 10.8 Å². The highest BCUT2D eigenvalue weighted by atomic mass is 16.6. The summed E-state index contributed by atoms with van der Waals surface area (Å²) in [6, 6.07) is 5.97. The summed E-state index contributed by atoms with van der Waals surface area (Å²) in [6.07, 6.45) is 5.62. The zero-order chi connectivity index (χ0) is 14.4. The van der Waals surface area contributed by atoms with Crippen LogP contribution in [-0.2, 0) is 4.79 Å². The summed E-state index contributed by atoms with van der Waals surface area (Å²) >= 11 is 0. The lowest BCUT2D eigenvalue weighted by molar-refractivity contribution is -0.384. The predicted octanol–water partition coefficient (Wildman–Crippen LogP) is 2.23. The minimum absolute atomic E-state index is 0.0196. The van der Waals surface area contributed by atoms with Crippen LogP contribution >= 0.6 is 0 Å². The molecule has 0 saturated heterocycles. The smallest absolute Gasteiger partial charge is 0.269 e. The minimum Gasteiger partial charge on any atom is -0.352 e. The van der Waals surface area contributed by atoms with E-state index in [1.165, 1.54) is 12.1 Å². The number of nitrogens with zero attached hydrogens (tertiary/aromatic N) is 1. The van der Waals surface area contributed by atoms with Gasteiger partial charge in [-0.1, -0.05) is 12.1 Å².